The van der Waals surface area contributed by atoms with Gasteiger partial charge in [-0.2, -0.15) is 0 Å². The summed E-state index contributed by atoms with van der Waals surface area (Å²) < 4.78 is 13.8. The predicted molar refractivity (Wildman–Crippen MR) is 82.6 cm³/mol. The van der Waals surface area contributed by atoms with Gasteiger partial charge < -0.3 is 11.1 Å². The molecule has 1 fully saturated rings. The number of hydrogen-bond acceptors (Lipinski definition) is 3. The van der Waals surface area contributed by atoms with Gasteiger partial charge in [0.1, 0.15) is 5.82 Å². The number of nitrogens with two attached hydrogens (primary N) is 1. The molecule has 2 aliphatic rings. The third-order valence-electron chi connectivity index (χ3n) is 4.53. The lowest BCUT2D eigenvalue weighted by Crippen LogP contribution is -2.34. The molecule has 1 aliphatic heterocycles. The van der Waals surface area contributed by atoms with Gasteiger partial charge in [-0.3, -0.25) is 4.79 Å². The van der Waals surface area contributed by atoms with Crippen molar-refractivity contribution in [1.29, 1.82) is 0 Å². The molecule has 0 spiro atoms. The molecule has 0 saturated heterocycles. The summed E-state index contributed by atoms with van der Waals surface area (Å²) >= 11 is 1.53. The number of rotatable bonds is 3. The molecule has 114 valence electrons. The topological polar surface area (TPSA) is 55.1 Å². The molecule has 3 nitrogen and oxygen atoms in total. The normalized spacial score (nSPS) is 28.2. The molecule has 3 atom stereocenters. The summed E-state index contributed by atoms with van der Waals surface area (Å²) in [4.78, 5) is 12.9. The molecule has 1 amide bonds. The highest BCUT2D eigenvalue weighted by molar-refractivity contribution is 7.99. The van der Waals surface area contributed by atoms with Gasteiger partial charge in [0.25, 0.3) is 0 Å². The maximum atomic E-state index is 13.8. The summed E-state index contributed by atoms with van der Waals surface area (Å²) in [5, 5.41) is 3.08. The lowest BCUT2D eigenvalue weighted by atomic mass is 9.98. The number of carbonyl (C=O) groups is 1. The maximum absolute atomic E-state index is 13.8. The summed E-state index contributed by atoms with van der Waals surface area (Å²) in [5.41, 5.74) is 6.94. The van der Waals surface area contributed by atoms with Crippen molar-refractivity contribution in [2.45, 2.75) is 49.1 Å². The van der Waals surface area contributed by atoms with Crippen LogP contribution in [0.25, 0.3) is 0 Å². The Bertz CT molecular complexity index is 537. The average molecular weight is 308 g/mol. The zero-order valence-electron chi connectivity index (χ0n) is 12.0. The summed E-state index contributed by atoms with van der Waals surface area (Å²) in [5.74, 6) is 0.996. The fourth-order valence-electron chi connectivity index (χ4n) is 3.35. The second-order valence-electron chi connectivity index (χ2n) is 5.97. The van der Waals surface area contributed by atoms with Crippen molar-refractivity contribution in [3.05, 3.63) is 29.6 Å². The molecule has 0 aromatic heterocycles. The molecule has 1 heterocycles. The third-order valence-corrected chi connectivity index (χ3v) is 5.69. The monoisotopic (exact) mass is 308 g/mol. The van der Waals surface area contributed by atoms with Crippen LogP contribution >= 0.6 is 11.8 Å². The average Bonchev–Trinajstić information content (AvgIpc) is 2.85. The Morgan fingerprint density at radius 3 is 3.00 bits per heavy atom. The van der Waals surface area contributed by atoms with Gasteiger partial charge in [-0.05, 0) is 36.8 Å². The Labute approximate surface area is 128 Å². The molecule has 5 heteroatoms. The van der Waals surface area contributed by atoms with Gasteiger partial charge in [-0.15, -0.1) is 11.8 Å². The second kappa shape index (κ2) is 6.36. The van der Waals surface area contributed by atoms with Gasteiger partial charge in [-0.25, -0.2) is 4.39 Å². The van der Waals surface area contributed by atoms with Crippen molar-refractivity contribution in [2.75, 3.05) is 5.75 Å². The van der Waals surface area contributed by atoms with Gasteiger partial charge in [0.05, 0.1) is 6.04 Å². The number of fused-ring (bicyclic) bond motifs is 1. The van der Waals surface area contributed by atoms with Crippen molar-refractivity contribution >= 4 is 17.7 Å². The van der Waals surface area contributed by atoms with Crippen molar-refractivity contribution in [3.8, 4) is 0 Å². The third kappa shape index (κ3) is 3.24. The van der Waals surface area contributed by atoms with E-state index in [4.69, 9.17) is 5.73 Å². The summed E-state index contributed by atoms with van der Waals surface area (Å²) in [6.07, 6.45) is 4.53. The van der Waals surface area contributed by atoms with Crippen molar-refractivity contribution in [2.24, 2.45) is 11.7 Å². The van der Waals surface area contributed by atoms with Gasteiger partial charge in [-0.1, -0.05) is 18.6 Å². The largest absolute Gasteiger partial charge is 0.349 e. The smallest absolute Gasteiger partial charge is 0.220 e. The molecule has 0 radical (unpaired) electrons. The molecule has 3 N–H and O–H groups in total. The Hall–Kier alpha value is -1.07. The molecular formula is C16H21FN2OS. The molecular weight excluding hydrogens is 287 g/mol. The fraction of sp³-hybridized carbons (Fsp3) is 0.562. The Kier molecular flexibility index (Phi) is 4.50. The zero-order valence-corrected chi connectivity index (χ0v) is 12.8. The van der Waals surface area contributed by atoms with Gasteiger partial charge in [0.2, 0.25) is 5.91 Å². The number of halogens is 1. The lowest BCUT2D eigenvalue weighted by Gasteiger charge is -2.27. The summed E-state index contributed by atoms with van der Waals surface area (Å²) in [6, 6.07) is 5.20. The van der Waals surface area contributed by atoms with E-state index in [-0.39, 0.29) is 23.8 Å². The first kappa shape index (κ1) is 14.9. The standard InChI is InChI=1S/C16H21FN2OS/c17-12-5-2-4-11-14(7-8-21-16(11)12)19-15(20)9-10-3-1-6-13(10)18/h2,4-5,10,13-14H,1,3,6-9,18H2,(H,19,20)/t10-,13+,14?/m0/s1. The molecule has 1 aliphatic carbocycles. The van der Waals surface area contributed by atoms with Gasteiger partial charge in [0.15, 0.2) is 0 Å². The van der Waals surface area contributed by atoms with Crippen LogP contribution in [0.4, 0.5) is 4.39 Å². The van der Waals surface area contributed by atoms with Crippen LogP contribution in [0.3, 0.4) is 0 Å². The Morgan fingerprint density at radius 1 is 1.38 bits per heavy atom. The SMILES string of the molecule is N[C@@H]1CCC[C@H]1CC(=O)NC1CCSc2c(F)cccc21. The van der Waals surface area contributed by atoms with Crippen molar-refractivity contribution < 1.29 is 9.18 Å². The van der Waals surface area contributed by atoms with E-state index in [2.05, 4.69) is 5.32 Å². The van der Waals surface area contributed by atoms with E-state index in [0.717, 1.165) is 37.0 Å². The number of carbonyl (C=O) groups excluding carboxylic acids is 1. The van der Waals surface area contributed by atoms with Crippen LogP contribution in [0.2, 0.25) is 0 Å². The summed E-state index contributed by atoms with van der Waals surface area (Å²) in [6.45, 7) is 0. The highest BCUT2D eigenvalue weighted by atomic mass is 32.2. The number of hydrogen-bond donors (Lipinski definition) is 2. The first-order chi connectivity index (χ1) is 10.1. The summed E-state index contributed by atoms with van der Waals surface area (Å²) in [7, 11) is 0. The van der Waals surface area contributed by atoms with Crippen molar-refractivity contribution in [1.82, 2.24) is 5.32 Å². The minimum Gasteiger partial charge on any atom is -0.349 e. The van der Waals surface area contributed by atoms with Crippen LogP contribution in [0.1, 0.15) is 43.7 Å². The second-order valence-corrected chi connectivity index (χ2v) is 7.08. The fourth-order valence-corrected chi connectivity index (χ4v) is 4.49. The van der Waals surface area contributed by atoms with E-state index < -0.39 is 0 Å². The van der Waals surface area contributed by atoms with Crippen LogP contribution < -0.4 is 11.1 Å². The van der Waals surface area contributed by atoms with Crippen LogP contribution in [-0.2, 0) is 4.79 Å². The van der Waals surface area contributed by atoms with Gasteiger partial charge >= 0.3 is 0 Å². The highest BCUT2D eigenvalue weighted by Crippen LogP contribution is 2.38. The lowest BCUT2D eigenvalue weighted by molar-refractivity contribution is -0.122. The number of nitrogens with one attached hydrogen (secondary N) is 1. The molecule has 1 aromatic rings. The van der Waals surface area contributed by atoms with E-state index in [1.54, 1.807) is 6.07 Å². The molecule has 21 heavy (non-hydrogen) atoms. The van der Waals surface area contributed by atoms with Crippen molar-refractivity contribution in [3.63, 3.8) is 0 Å². The van der Waals surface area contributed by atoms with E-state index in [1.807, 2.05) is 6.07 Å². The number of benzene rings is 1. The van der Waals surface area contributed by atoms with Crippen LogP contribution in [0, 0.1) is 11.7 Å². The van der Waals surface area contributed by atoms with E-state index >= 15 is 0 Å². The molecule has 1 unspecified atom stereocenters. The Morgan fingerprint density at radius 2 is 2.24 bits per heavy atom. The highest BCUT2D eigenvalue weighted by Gasteiger charge is 2.28. The molecule has 0 bridgehead atoms. The predicted octanol–water partition coefficient (Wildman–Crippen LogP) is 3.00. The minimum atomic E-state index is -0.186. The van der Waals surface area contributed by atoms with Crippen LogP contribution in [-0.4, -0.2) is 17.7 Å². The molecule has 3 rings (SSSR count). The first-order valence-corrected chi connectivity index (χ1v) is 8.60. The van der Waals surface area contributed by atoms with Gasteiger partial charge in [0, 0.05) is 23.1 Å². The quantitative estimate of drug-likeness (QED) is 0.902. The minimum absolute atomic E-state index is 0.0458. The first-order valence-electron chi connectivity index (χ1n) is 7.61. The number of amides is 1. The Balaban J connectivity index is 1.66. The molecule has 1 aromatic carbocycles. The maximum Gasteiger partial charge on any atom is 0.220 e. The van der Waals surface area contributed by atoms with E-state index in [1.165, 1.54) is 17.8 Å². The van der Waals surface area contributed by atoms with E-state index in [0.29, 0.717) is 17.2 Å². The van der Waals surface area contributed by atoms with E-state index in [9.17, 15) is 9.18 Å². The zero-order chi connectivity index (χ0) is 14.8. The van der Waals surface area contributed by atoms with Crippen LogP contribution in [0.5, 0.6) is 0 Å². The van der Waals surface area contributed by atoms with Crippen LogP contribution in [0.15, 0.2) is 23.1 Å². The number of thioether (sulfide) groups is 1. The molecule has 1 saturated carbocycles.